The summed E-state index contributed by atoms with van der Waals surface area (Å²) in [5.41, 5.74) is 0.455. The molecule has 0 N–H and O–H groups in total. The average Bonchev–Trinajstić information content (AvgIpc) is 3.36. The predicted molar refractivity (Wildman–Crippen MR) is 94.1 cm³/mol. The molecule has 0 spiro atoms. The molecule has 0 saturated heterocycles. The molecule has 0 amide bonds. The number of esters is 1. The molecular weight excluding hydrogens is 374 g/mol. The van der Waals surface area contributed by atoms with Gasteiger partial charge in [-0.05, 0) is 23.6 Å². The van der Waals surface area contributed by atoms with Gasteiger partial charge in [0.15, 0.2) is 12.4 Å². The van der Waals surface area contributed by atoms with Crippen molar-refractivity contribution in [2.24, 2.45) is 0 Å². The van der Waals surface area contributed by atoms with Crippen molar-refractivity contribution in [3.8, 4) is 11.5 Å². The van der Waals surface area contributed by atoms with Gasteiger partial charge in [0.2, 0.25) is 5.89 Å². The Balaban J connectivity index is 1.49. The lowest BCUT2D eigenvalue weighted by Crippen LogP contribution is -2.07. The molecular formula is C17H13N3O6S. The highest BCUT2D eigenvalue weighted by molar-refractivity contribution is 7.12. The summed E-state index contributed by atoms with van der Waals surface area (Å²) in [4.78, 5) is 34.3. The Labute approximate surface area is 156 Å². The summed E-state index contributed by atoms with van der Waals surface area (Å²) >= 11 is 1.32. The number of non-ortho nitro benzene ring substituents is 1. The minimum absolute atomic E-state index is 0.0416. The van der Waals surface area contributed by atoms with Crippen molar-refractivity contribution in [3.63, 3.8) is 0 Å². The molecule has 0 bridgehead atoms. The van der Waals surface area contributed by atoms with Gasteiger partial charge in [-0.15, -0.1) is 21.5 Å². The quantitative estimate of drug-likeness (QED) is 0.249. The summed E-state index contributed by atoms with van der Waals surface area (Å²) in [5.74, 6) is -0.416. The Morgan fingerprint density at radius 3 is 2.59 bits per heavy atom. The second-order valence-corrected chi connectivity index (χ2v) is 6.31. The van der Waals surface area contributed by atoms with Gasteiger partial charge in [-0.3, -0.25) is 19.7 Å². The van der Waals surface area contributed by atoms with Crippen LogP contribution in [0.1, 0.15) is 28.4 Å². The number of carbonyl (C=O) groups is 2. The lowest BCUT2D eigenvalue weighted by Gasteiger charge is -2.01. The van der Waals surface area contributed by atoms with Crippen LogP contribution < -0.4 is 0 Å². The molecule has 2 heterocycles. The topological polar surface area (TPSA) is 125 Å². The molecule has 0 unspecified atom stereocenters. The van der Waals surface area contributed by atoms with E-state index in [4.69, 9.17) is 9.15 Å². The molecule has 0 saturated carbocycles. The zero-order chi connectivity index (χ0) is 19.2. The number of hydrogen-bond acceptors (Lipinski definition) is 9. The van der Waals surface area contributed by atoms with Crippen LogP contribution in [0.4, 0.5) is 5.69 Å². The number of ether oxygens (including phenoxy) is 1. The highest BCUT2D eigenvalue weighted by Crippen LogP contribution is 2.21. The fourth-order valence-electron chi connectivity index (χ4n) is 2.14. The number of Topliss-reactive ketones (excluding diaryl/α,β-unsaturated/α-hetero) is 1. The van der Waals surface area contributed by atoms with Crippen LogP contribution in [0.25, 0.3) is 11.5 Å². The van der Waals surface area contributed by atoms with E-state index >= 15 is 0 Å². The van der Waals surface area contributed by atoms with Crippen LogP contribution in [0.15, 0.2) is 46.2 Å². The van der Waals surface area contributed by atoms with Crippen molar-refractivity contribution in [1.82, 2.24) is 10.2 Å². The van der Waals surface area contributed by atoms with Crippen LogP contribution in [-0.2, 0) is 16.1 Å². The first kappa shape index (κ1) is 18.4. The highest BCUT2D eigenvalue weighted by atomic mass is 32.1. The number of hydrogen-bond donors (Lipinski definition) is 0. The maximum atomic E-state index is 11.8. The van der Waals surface area contributed by atoms with Crippen LogP contribution in [0.5, 0.6) is 0 Å². The van der Waals surface area contributed by atoms with E-state index in [-0.39, 0.29) is 42.7 Å². The third-order valence-electron chi connectivity index (χ3n) is 3.50. The van der Waals surface area contributed by atoms with Gasteiger partial charge in [-0.2, -0.15) is 0 Å². The SMILES string of the molecule is O=C(CCC(=O)c1cccs1)OCc1nnc(-c2ccc([N+](=O)[O-])cc2)o1. The Hall–Kier alpha value is -3.40. The van der Waals surface area contributed by atoms with E-state index in [1.54, 1.807) is 17.5 Å². The van der Waals surface area contributed by atoms with E-state index < -0.39 is 10.9 Å². The minimum Gasteiger partial charge on any atom is -0.456 e. The van der Waals surface area contributed by atoms with Crippen LogP contribution in [-0.4, -0.2) is 26.9 Å². The molecule has 0 aliphatic rings. The smallest absolute Gasteiger partial charge is 0.306 e. The van der Waals surface area contributed by atoms with E-state index in [0.717, 1.165) is 0 Å². The summed E-state index contributed by atoms with van der Waals surface area (Å²) in [5, 5.41) is 20.0. The lowest BCUT2D eigenvalue weighted by molar-refractivity contribution is -0.384. The number of carbonyl (C=O) groups excluding carboxylic acids is 2. The summed E-state index contributed by atoms with van der Waals surface area (Å²) in [6, 6.07) is 9.09. The molecule has 3 rings (SSSR count). The van der Waals surface area contributed by atoms with E-state index in [1.165, 1.54) is 35.6 Å². The zero-order valence-corrected chi connectivity index (χ0v) is 14.7. The Bertz CT molecular complexity index is 949. The molecule has 0 aliphatic carbocycles. The first-order valence-electron chi connectivity index (χ1n) is 7.82. The van der Waals surface area contributed by atoms with Crippen molar-refractivity contribution in [2.75, 3.05) is 0 Å². The Morgan fingerprint density at radius 1 is 1.15 bits per heavy atom. The summed E-state index contributed by atoms with van der Waals surface area (Å²) in [6.45, 7) is -0.216. The largest absolute Gasteiger partial charge is 0.456 e. The predicted octanol–water partition coefficient (Wildman–Crippen LogP) is 3.41. The maximum absolute atomic E-state index is 11.8. The molecule has 0 atom stereocenters. The average molecular weight is 387 g/mol. The Morgan fingerprint density at radius 2 is 1.93 bits per heavy atom. The third kappa shape index (κ3) is 4.82. The second-order valence-electron chi connectivity index (χ2n) is 5.37. The van der Waals surface area contributed by atoms with Crippen LogP contribution in [0, 0.1) is 10.1 Å². The molecule has 27 heavy (non-hydrogen) atoms. The van der Waals surface area contributed by atoms with Crippen LogP contribution in [0.3, 0.4) is 0 Å². The summed E-state index contributed by atoms with van der Waals surface area (Å²) in [6.07, 6.45) is 0.0251. The number of rotatable bonds is 8. The van der Waals surface area contributed by atoms with Gasteiger partial charge in [0.1, 0.15) is 0 Å². The van der Waals surface area contributed by atoms with Crippen molar-refractivity contribution in [1.29, 1.82) is 0 Å². The zero-order valence-electron chi connectivity index (χ0n) is 13.9. The fraction of sp³-hybridized carbons (Fsp3) is 0.176. The monoisotopic (exact) mass is 387 g/mol. The maximum Gasteiger partial charge on any atom is 0.306 e. The molecule has 9 nitrogen and oxygen atoms in total. The number of benzene rings is 1. The minimum atomic E-state index is -0.546. The van der Waals surface area contributed by atoms with E-state index in [0.29, 0.717) is 10.4 Å². The van der Waals surface area contributed by atoms with E-state index in [9.17, 15) is 19.7 Å². The molecule has 0 radical (unpaired) electrons. The van der Waals surface area contributed by atoms with Gasteiger partial charge >= 0.3 is 5.97 Å². The van der Waals surface area contributed by atoms with Gasteiger partial charge in [0, 0.05) is 24.1 Å². The van der Waals surface area contributed by atoms with Crippen molar-refractivity contribution in [3.05, 3.63) is 62.7 Å². The van der Waals surface area contributed by atoms with Gasteiger partial charge in [0.25, 0.3) is 11.6 Å². The number of ketones is 1. The second kappa shape index (κ2) is 8.32. The van der Waals surface area contributed by atoms with Crippen LogP contribution in [0.2, 0.25) is 0 Å². The number of nitrogens with zero attached hydrogens (tertiary/aromatic N) is 3. The molecule has 2 aromatic heterocycles. The fourth-order valence-corrected chi connectivity index (χ4v) is 2.84. The first-order chi connectivity index (χ1) is 13.0. The number of thiophene rings is 1. The van der Waals surface area contributed by atoms with Gasteiger partial charge in [-0.25, -0.2) is 0 Å². The van der Waals surface area contributed by atoms with Crippen molar-refractivity contribution < 1.29 is 23.7 Å². The van der Waals surface area contributed by atoms with Gasteiger partial charge < -0.3 is 9.15 Å². The van der Waals surface area contributed by atoms with E-state index in [2.05, 4.69) is 10.2 Å². The lowest BCUT2D eigenvalue weighted by atomic mass is 10.2. The van der Waals surface area contributed by atoms with Crippen molar-refractivity contribution >= 4 is 28.8 Å². The standard InChI is InChI=1S/C17H13N3O6S/c21-13(14-2-1-9-27-14)7-8-16(22)25-10-15-18-19-17(26-15)11-3-5-12(6-4-11)20(23)24/h1-6,9H,7-8,10H2. The Kier molecular flexibility index (Phi) is 5.67. The molecule has 0 fully saturated rings. The molecule has 1 aromatic carbocycles. The van der Waals surface area contributed by atoms with Gasteiger partial charge in [-0.1, -0.05) is 6.07 Å². The summed E-state index contributed by atoms with van der Waals surface area (Å²) < 4.78 is 10.4. The van der Waals surface area contributed by atoms with E-state index in [1.807, 2.05) is 0 Å². The first-order valence-corrected chi connectivity index (χ1v) is 8.70. The molecule has 138 valence electrons. The normalized spacial score (nSPS) is 10.5. The molecule has 10 heteroatoms. The third-order valence-corrected chi connectivity index (χ3v) is 4.41. The van der Waals surface area contributed by atoms with Crippen molar-refractivity contribution in [2.45, 2.75) is 19.4 Å². The number of nitro groups is 1. The highest BCUT2D eigenvalue weighted by Gasteiger charge is 2.14. The van der Waals surface area contributed by atoms with Gasteiger partial charge in [0.05, 0.1) is 16.2 Å². The molecule has 0 aliphatic heterocycles. The number of aromatic nitrogens is 2. The number of nitro benzene ring substituents is 1. The summed E-state index contributed by atoms with van der Waals surface area (Å²) in [7, 11) is 0. The molecule has 3 aromatic rings. The van der Waals surface area contributed by atoms with Crippen LogP contribution >= 0.6 is 11.3 Å².